The van der Waals surface area contributed by atoms with Gasteiger partial charge in [-0.3, -0.25) is 0 Å². The van der Waals surface area contributed by atoms with Gasteiger partial charge in [-0.15, -0.1) is 0 Å². The Bertz CT molecular complexity index is 492. The number of aryl methyl sites for hydroxylation is 2. The Morgan fingerprint density at radius 3 is 2.79 bits per heavy atom. The standard InChI is InChI=1S/C15H22N2OS/c1-15(2,3)7-8-18-14-11(13(16)19)9-10-5-4-6-12(10)17-14/h9H,4-8H2,1-3H3,(H2,16,19). The molecule has 2 rings (SSSR count). The van der Waals surface area contributed by atoms with Gasteiger partial charge in [0.2, 0.25) is 5.88 Å². The lowest BCUT2D eigenvalue weighted by molar-refractivity contribution is 0.235. The highest BCUT2D eigenvalue weighted by atomic mass is 32.1. The minimum Gasteiger partial charge on any atom is -0.477 e. The summed E-state index contributed by atoms with van der Waals surface area (Å²) in [6, 6.07) is 2.06. The molecule has 0 radical (unpaired) electrons. The molecule has 19 heavy (non-hydrogen) atoms. The fourth-order valence-electron chi connectivity index (χ4n) is 2.19. The fraction of sp³-hybridized carbons (Fsp3) is 0.600. The molecule has 1 aliphatic carbocycles. The minimum atomic E-state index is 0.250. The zero-order valence-corrected chi connectivity index (χ0v) is 12.8. The van der Waals surface area contributed by atoms with Gasteiger partial charge in [0.05, 0.1) is 12.2 Å². The summed E-state index contributed by atoms with van der Waals surface area (Å²) in [6.45, 7) is 7.23. The largest absolute Gasteiger partial charge is 0.477 e. The molecule has 1 aliphatic rings. The monoisotopic (exact) mass is 278 g/mol. The van der Waals surface area contributed by atoms with Crippen LogP contribution in [0.15, 0.2) is 6.07 Å². The summed E-state index contributed by atoms with van der Waals surface area (Å²) in [6.07, 6.45) is 4.23. The first-order valence-electron chi connectivity index (χ1n) is 6.82. The van der Waals surface area contributed by atoms with Crippen molar-refractivity contribution < 1.29 is 4.74 Å². The summed E-state index contributed by atoms with van der Waals surface area (Å²) in [7, 11) is 0. The van der Waals surface area contributed by atoms with Crippen molar-refractivity contribution in [3.63, 3.8) is 0 Å². The Balaban J connectivity index is 2.16. The van der Waals surface area contributed by atoms with Gasteiger partial charge in [0.25, 0.3) is 0 Å². The van der Waals surface area contributed by atoms with Gasteiger partial charge in [-0.25, -0.2) is 4.98 Å². The molecule has 1 heterocycles. The molecular formula is C15H22N2OS. The fourth-order valence-corrected chi connectivity index (χ4v) is 2.34. The van der Waals surface area contributed by atoms with E-state index < -0.39 is 0 Å². The van der Waals surface area contributed by atoms with Crippen molar-refractivity contribution in [3.8, 4) is 5.88 Å². The maximum absolute atomic E-state index is 5.82. The number of pyridine rings is 1. The molecule has 0 atom stereocenters. The van der Waals surface area contributed by atoms with Gasteiger partial charge in [0.15, 0.2) is 0 Å². The maximum Gasteiger partial charge on any atom is 0.224 e. The highest BCUT2D eigenvalue weighted by Gasteiger charge is 2.19. The molecule has 0 saturated heterocycles. The molecule has 0 unspecified atom stereocenters. The summed E-state index contributed by atoms with van der Waals surface area (Å²) in [5.41, 5.74) is 9.22. The normalized spacial score (nSPS) is 14.3. The lowest BCUT2D eigenvalue weighted by atomic mass is 9.93. The molecule has 0 aromatic carbocycles. The van der Waals surface area contributed by atoms with Crippen molar-refractivity contribution in [3.05, 3.63) is 22.9 Å². The van der Waals surface area contributed by atoms with Crippen LogP contribution >= 0.6 is 12.2 Å². The molecule has 0 saturated carbocycles. The summed E-state index contributed by atoms with van der Waals surface area (Å²) in [5.74, 6) is 0.609. The summed E-state index contributed by atoms with van der Waals surface area (Å²) >= 11 is 5.10. The van der Waals surface area contributed by atoms with Crippen LogP contribution in [0.5, 0.6) is 5.88 Å². The van der Waals surface area contributed by atoms with E-state index >= 15 is 0 Å². The molecule has 4 heteroatoms. The highest BCUT2D eigenvalue weighted by Crippen LogP contribution is 2.27. The van der Waals surface area contributed by atoms with E-state index in [1.54, 1.807) is 0 Å². The number of hydrogen-bond donors (Lipinski definition) is 1. The van der Waals surface area contributed by atoms with Crippen molar-refractivity contribution in [2.75, 3.05) is 6.61 Å². The van der Waals surface area contributed by atoms with Crippen LogP contribution in [0.3, 0.4) is 0 Å². The van der Waals surface area contributed by atoms with Gasteiger partial charge in [-0.1, -0.05) is 33.0 Å². The van der Waals surface area contributed by atoms with E-state index in [1.807, 2.05) is 0 Å². The summed E-state index contributed by atoms with van der Waals surface area (Å²) < 4.78 is 5.82. The molecular weight excluding hydrogens is 256 g/mol. The zero-order chi connectivity index (χ0) is 14.0. The van der Waals surface area contributed by atoms with Crippen molar-refractivity contribution >= 4 is 17.2 Å². The van der Waals surface area contributed by atoms with Crippen molar-refractivity contribution in [1.82, 2.24) is 4.98 Å². The van der Waals surface area contributed by atoms with Crippen molar-refractivity contribution in [1.29, 1.82) is 0 Å². The smallest absolute Gasteiger partial charge is 0.224 e. The predicted molar refractivity (Wildman–Crippen MR) is 81.7 cm³/mol. The van der Waals surface area contributed by atoms with E-state index in [9.17, 15) is 0 Å². The van der Waals surface area contributed by atoms with Crippen LogP contribution in [0.4, 0.5) is 0 Å². The number of nitrogens with zero attached hydrogens (tertiary/aromatic N) is 1. The number of nitrogens with two attached hydrogens (primary N) is 1. The molecule has 0 aliphatic heterocycles. The third kappa shape index (κ3) is 3.66. The number of aromatic nitrogens is 1. The van der Waals surface area contributed by atoms with Crippen molar-refractivity contribution in [2.45, 2.75) is 46.5 Å². The third-order valence-corrected chi connectivity index (χ3v) is 3.59. The van der Waals surface area contributed by atoms with Gasteiger partial charge in [-0.05, 0) is 42.7 Å². The zero-order valence-electron chi connectivity index (χ0n) is 12.0. The molecule has 0 spiro atoms. The van der Waals surface area contributed by atoms with Crippen LogP contribution < -0.4 is 10.5 Å². The van der Waals surface area contributed by atoms with Crippen LogP contribution in [-0.4, -0.2) is 16.6 Å². The SMILES string of the molecule is CC(C)(C)CCOc1nc2c(cc1C(N)=S)CCC2. The molecule has 1 aromatic heterocycles. The Kier molecular flexibility index (Phi) is 4.09. The minimum absolute atomic E-state index is 0.250. The lowest BCUT2D eigenvalue weighted by Crippen LogP contribution is -2.16. The molecule has 0 bridgehead atoms. The van der Waals surface area contributed by atoms with E-state index in [0.717, 1.165) is 36.9 Å². The Morgan fingerprint density at radius 2 is 2.16 bits per heavy atom. The molecule has 104 valence electrons. The van der Waals surface area contributed by atoms with E-state index in [0.29, 0.717) is 17.5 Å². The Labute approximate surface area is 120 Å². The van der Waals surface area contributed by atoms with Gasteiger partial charge in [0.1, 0.15) is 4.99 Å². The predicted octanol–water partition coefficient (Wildman–Crippen LogP) is 3.02. The second-order valence-electron chi connectivity index (χ2n) is 6.32. The van der Waals surface area contributed by atoms with E-state index in [1.165, 1.54) is 5.56 Å². The van der Waals surface area contributed by atoms with E-state index in [4.69, 9.17) is 22.7 Å². The van der Waals surface area contributed by atoms with Crippen LogP contribution in [0.2, 0.25) is 0 Å². The average Bonchev–Trinajstić information content (AvgIpc) is 2.72. The number of ether oxygens (including phenoxy) is 1. The number of rotatable bonds is 4. The Hall–Kier alpha value is -1.16. The number of fused-ring (bicyclic) bond motifs is 1. The summed E-state index contributed by atoms with van der Waals surface area (Å²) in [4.78, 5) is 4.97. The molecule has 1 aromatic rings. The molecule has 0 fully saturated rings. The van der Waals surface area contributed by atoms with Crippen molar-refractivity contribution in [2.24, 2.45) is 11.1 Å². The highest BCUT2D eigenvalue weighted by molar-refractivity contribution is 7.80. The van der Waals surface area contributed by atoms with Crippen LogP contribution in [-0.2, 0) is 12.8 Å². The topological polar surface area (TPSA) is 48.1 Å². The van der Waals surface area contributed by atoms with Gasteiger partial charge in [0, 0.05) is 5.69 Å². The van der Waals surface area contributed by atoms with Crippen LogP contribution in [0.1, 0.15) is 50.4 Å². The number of thiocarbonyl (C=S) groups is 1. The average molecular weight is 278 g/mol. The molecule has 3 nitrogen and oxygen atoms in total. The lowest BCUT2D eigenvalue weighted by Gasteiger charge is -2.19. The van der Waals surface area contributed by atoms with Gasteiger partial charge < -0.3 is 10.5 Å². The first-order valence-corrected chi connectivity index (χ1v) is 7.23. The quantitative estimate of drug-likeness (QED) is 0.860. The van der Waals surface area contributed by atoms with Crippen LogP contribution in [0.25, 0.3) is 0 Å². The summed E-state index contributed by atoms with van der Waals surface area (Å²) in [5, 5.41) is 0. The van der Waals surface area contributed by atoms with E-state index in [2.05, 4.69) is 31.8 Å². The van der Waals surface area contributed by atoms with E-state index in [-0.39, 0.29) is 5.41 Å². The van der Waals surface area contributed by atoms with Crippen LogP contribution in [0, 0.1) is 5.41 Å². The third-order valence-electron chi connectivity index (χ3n) is 3.37. The first-order chi connectivity index (χ1) is 8.87. The second-order valence-corrected chi connectivity index (χ2v) is 6.76. The second kappa shape index (κ2) is 5.45. The van der Waals surface area contributed by atoms with Gasteiger partial charge in [-0.2, -0.15) is 0 Å². The number of hydrogen-bond acceptors (Lipinski definition) is 3. The molecule has 0 amide bonds. The van der Waals surface area contributed by atoms with Gasteiger partial charge >= 0.3 is 0 Å². The first kappa shape index (κ1) is 14.3. The Morgan fingerprint density at radius 1 is 1.42 bits per heavy atom. The maximum atomic E-state index is 5.82. The molecule has 2 N–H and O–H groups in total.